The van der Waals surface area contributed by atoms with Gasteiger partial charge < -0.3 is 15.2 Å². The molecule has 0 aliphatic heterocycles. The first-order valence-corrected chi connectivity index (χ1v) is 6.39. The Kier molecular flexibility index (Phi) is 4.40. The Morgan fingerprint density at radius 3 is 2.88 bits per heavy atom. The summed E-state index contributed by atoms with van der Waals surface area (Å²) in [6.07, 6.45) is 3.65. The third-order valence-electron chi connectivity index (χ3n) is 3.17. The van der Waals surface area contributed by atoms with E-state index in [1.807, 2.05) is 13.0 Å². The minimum Gasteiger partial charge on any atom is -0.491 e. The van der Waals surface area contributed by atoms with Crippen LogP contribution in [-0.4, -0.2) is 25.9 Å². The van der Waals surface area contributed by atoms with Gasteiger partial charge in [-0.05, 0) is 49.4 Å². The number of hydrogen-bond acceptors (Lipinski definition) is 3. The van der Waals surface area contributed by atoms with Gasteiger partial charge in [0.15, 0.2) is 0 Å². The third kappa shape index (κ3) is 3.20. The zero-order chi connectivity index (χ0) is 12.1. The standard InChI is InChI=1S/C14H21NO2/c1-2-16-14(9-15)10-17-13-7-6-11-4-3-5-12(11)8-13/h6-8,14H,2-5,9-10,15H2,1H3. The smallest absolute Gasteiger partial charge is 0.119 e. The Balaban J connectivity index is 1.90. The molecule has 0 spiro atoms. The highest BCUT2D eigenvalue weighted by molar-refractivity contribution is 5.38. The van der Waals surface area contributed by atoms with Crippen molar-refractivity contribution in [3.05, 3.63) is 29.3 Å². The van der Waals surface area contributed by atoms with Crippen molar-refractivity contribution in [3.8, 4) is 5.75 Å². The molecule has 0 radical (unpaired) electrons. The van der Waals surface area contributed by atoms with Crippen molar-refractivity contribution < 1.29 is 9.47 Å². The summed E-state index contributed by atoms with van der Waals surface area (Å²) in [5.74, 6) is 0.934. The first-order valence-electron chi connectivity index (χ1n) is 6.39. The summed E-state index contributed by atoms with van der Waals surface area (Å²) >= 11 is 0. The van der Waals surface area contributed by atoms with Gasteiger partial charge in [0, 0.05) is 13.2 Å². The molecular weight excluding hydrogens is 214 g/mol. The highest BCUT2D eigenvalue weighted by atomic mass is 16.5. The molecule has 0 fully saturated rings. The SMILES string of the molecule is CCOC(CN)COc1ccc2c(c1)CCC2. The van der Waals surface area contributed by atoms with E-state index < -0.39 is 0 Å². The summed E-state index contributed by atoms with van der Waals surface area (Å²) in [5, 5.41) is 0. The average molecular weight is 235 g/mol. The molecule has 2 rings (SSSR count). The van der Waals surface area contributed by atoms with E-state index in [1.165, 1.54) is 30.4 Å². The van der Waals surface area contributed by atoms with Crippen molar-refractivity contribution >= 4 is 0 Å². The second-order valence-corrected chi connectivity index (χ2v) is 4.41. The maximum atomic E-state index is 5.73. The van der Waals surface area contributed by atoms with Crippen LogP contribution < -0.4 is 10.5 Å². The lowest BCUT2D eigenvalue weighted by molar-refractivity contribution is 0.0337. The summed E-state index contributed by atoms with van der Waals surface area (Å²) < 4.78 is 11.2. The molecular formula is C14H21NO2. The second kappa shape index (κ2) is 6.03. The number of benzene rings is 1. The monoisotopic (exact) mass is 235 g/mol. The predicted octanol–water partition coefficient (Wildman–Crippen LogP) is 1.92. The lowest BCUT2D eigenvalue weighted by Crippen LogP contribution is -2.30. The molecule has 0 bridgehead atoms. The first-order chi connectivity index (χ1) is 8.33. The van der Waals surface area contributed by atoms with E-state index in [0.29, 0.717) is 19.8 Å². The van der Waals surface area contributed by atoms with Gasteiger partial charge in [-0.3, -0.25) is 0 Å². The van der Waals surface area contributed by atoms with Gasteiger partial charge in [-0.25, -0.2) is 0 Å². The van der Waals surface area contributed by atoms with Crippen LogP contribution >= 0.6 is 0 Å². The second-order valence-electron chi connectivity index (χ2n) is 4.41. The van der Waals surface area contributed by atoms with Gasteiger partial charge in [0.1, 0.15) is 18.5 Å². The zero-order valence-electron chi connectivity index (χ0n) is 10.4. The van der Waals surface area contributed by atoms with E-state index in [0.717, 1.165) is 5.75 Å². The van der Waals surface area contributed by atoms with Crippen LogP contribution in [0.15, 0.2) is 18.2 Å². The van der Waals surface area contributed by atoms with Crippen molar-refractivity contribution in [2.24, 2.45) is 5.73 Å². The molecule has 0 saturated carbocycles. The number of rotatable bonds is 6. The van der Waals surface area contributed by atoms with E-state index in [-0.39, 0.29) is 6.10 Å². The molecule has 1 aromatic rings. The highest BCUT2D eigenvalue weighted by Crippen LogP contribution is 2.26. The average Bonchev–Trinajstić information content (AvgIpc) is 2.81. The highest BCUT2D eigenvalue weighted by Gasteiger charge is 2.12. The van der Waals surface area contributed by atoms with Gasteiger partial charge in [0.05, 0.1) is 0 Å². The van der Waals surface area contributed by atoms with Crippen molar-refractivity contribution in [2.75, 3.05) is 19.8 Å². The van der Waals surface area contributed by atoms with Crippen LogP contribution in [0.25, 0.3) is 0 Å². The summed E-state index contributed by atoms with van der Waals surface area (Å²) in [4.78, 5) is 0. The predicted molar refractivity (Wildman–Crippen MR) is 68.4 cm³/mol. The van der Waals surface area contributed by atoms with E-state index in [1.54, 1.807) is 0 Å². The Morgan fingerprint density at radius 2 is 2.12 bits per heavy atom. The van der Waals surface area contributed by atoms with E-state index >= 15 is 0 Å². The van der Waals surface area contributed by atoms with Gasteiger partial charge in [-0.2, -0.15) is 0 Å². The molecule has 3 heteroatoms. The molecule has 0 saturated heterocycles. The molecule has 1 aliphatic carbocycles. The van der Waals surface area contributed by atoms with Crippen molar-refractivity contribution in [1.82, 2.24) is 0 Å². The number of nitrogens with two attached hydrogens (primary N) is 1. The lowest BCUT2D eigenvalue weighted by Gasteiger charge is -2.16. The van der Waals surface area contributed by atoms with Crippen molar-refractivity contribution in [1.29, 1.82) is 0 Å². The van der Waals surface area contributed by atoms with Crippen molar-refractivity contribution in [3.63, 3.8) is 0 Å². The van der Waals surface area contributed by atoms with Crippen LogP contribution in [0.4, 0.5) is 0 Å². The van der Waals surface area contributed by atoms with E-state index in [9.17, 15) is 0 Å². The zero-order valence-corrected chi connectivity index (χ0v) is 10.4. The van der Waals surface area contributed by atoms with E-state index in [2.05, 4.69) is 12.1 Å². The molecule has 17 heavy (non-hydrogen) atoms. The third-order valence-corrected chi connectivity index (χ3v) is 3.17. The molecule has 1 unspecified atom stereocenters. The molecule has 0 heterocycles. The summed E-state index contributed by atoms with van der Waals surface area (Å²) in [7, 11) is 0. The Hall–Kier alpha value is -1.06. The molecule has 1 atom stereocenters. The molecule has 3 nitrogen and oxygen atoms in total. The van der Waals surface area contributed by atoms with Crippen LogP contribution in [0.2, 0.25) is 0 Å². The maximum Gasteiger partial charge on any atom is 0.119 e. The van der Waals surface area contributed by atoms with Crippen LogP contribution in [0.3, 0.4) is 0 Å². The largest absolute Gasteiger partial charge is 0.491 e. The number of fused-ring (bicyclic) bond motifs is 1. The van der Waals surface area contributed by atoms with Crippen LogP contribution in [-0.2, 0) is 17.6 Å². The first kappa shape index (κ1) is 12.4. The fourth-order valence-corrected chi connectivity index (χ4v) is 2.25. The Morgan fingerprint density at radius 1 is 1.29 bits per heavy atom. The summed E-state index contributed by atoms with van der Waals surface area (Å²) in [6.45, 7) is 3.68. The Labute approximate surface area is 103 Å². The fourth-order valence-electron chi connectivity index (χ4n) is 2.25. The minimum atomic E-state index is -0.00625. The molecule has 94 valence electrons. The molecule has 2 N–H and O–H groups in total. The van der Waals surface area contributed by atoms with Gasteiger partial charge in [0.2, 0.25) is 0 Å². The quantitative estimate of drug-likeness (QED) is 0.819. The van der Waals surface area contributed by atoms with Gasteiger partial charge >= 0.3 is 0 Å². The number of hydrogen-bond donors (Lipinski definition) is 1. The normalized spacial score (nSPS) is 15.6. The summed E-state index contributed by atoms with van der Waals surface area (Å²) in [6, 6.07) is 6.38. The molecule has 0 aromatic heterocycles. The minimum absolute atomic E-state index is 0.00625. The van der Waals surface area contributed by atoms with Crippen LogP contribution in [0.1, 0.15) is 24.5 Å². The van der Waals surface area contributed by atoms with Gasteiger partial charge in [-0.1, -0.05) is 6.07 Å². The molecule has 1 aliphatic rings. The van der Waals surface area contributed by atoms with Crippen LogP contribution in [0, 0.1) is 0 Å². The maximum absolute atomic E-state index is 5.73. The van der Waals surface area contributed by atoms with Gasteiger partial charge in [0.25, 0.3) is 0 Å². The fraction of sp³-hybridized carbons (Fsp3) is 0.571. The molecule has 0 amide bonds. The lowest BCUT2D eigenvalue weighted by atomic mass is 10.1. The number of ether oxygens (including phenoxy) is 2. The van der Waals surface area contributed by atoms with Crippen molar-refractivity contribution in [2.45, 2.75) is 32.3 Å². The van der Waals surface area contributed by atoms with Gasteiger partial charge in [-0.15, -0.1) is 0 Å². The number of aryl methyl sites for hydroxylation is 2. The van der Waals surface area contributed by atoms with E-state index in [4.69, 9.17) is 15.2 Å². The summed E-state index contributed by atoms with van der Waals surface area (Å²) in [5.41, 5.74) is 8.51. The molecule has 1 aromatic carbocycles. The Bertz CT molecular complexity index is 365. The topological polar surface area (TPSA) is 44.5 Å². The van der Waals surface area contributed by atoms with Crippen LogP contribution in [0.5, 0.6) is 5.75 Å².